The molecule has 2 heterocycles. The summed E-state index contributed by atoms with van der Waals surface area (Å²) in [6.45, 7) is 4.07. The first kappa shape index (κ1) is 20.9. The van der Waals surface area contributed by atoms with E-state index in [1.165, 1.54) is 25.7 Å². The molecule has 1 fully saturated rings. The molecule has 0 unspecified atom stereocenters. The van der Waals surface area contributed by atoms with E-state index < -0.39 is 0 Å². The molecule has 1 aliphatic rings. The summed E-state index contributed by atoms with van der Waals surface area (Å²) < 4.78 is 1.88. The van der Waals surface area contributed by atoms with Crippen LogP contribution in [0.25, 0.3) is 16.9 Å². The molecular weight excluding hydrogens is 396 g/mol. The minimum Gasteiger partial charge on any atom is -0.353 e. The second-order valence-corrected chi connectivity index (χ2v) is 8.76. The molecular formula is C24H29ClN4O. The van der Waals surface area contributed by atoms with Gasteiger partial charge in [0.25, 0.3) is 0 Å². The van der Waals surface area contributed by atoms with Crippen LogP contribution in [0.1, 0.15) is 61.9 Å². The van der Waals surface area contributed by atoms with Crippen molar-refractivity contribution in [1.29, 1.82) is 0 Å². The van der Waals surface area contributed by atoms with Crippen LogP contribution in [-0.2, 0) is 11.2 Å². The van der Waals surface area contributed by atoms with Gasteiger partial charge in [0.2, 0.25) is 5.91 Å². The summed E-state index contributed by atoms with van der Waals surface area (Å²) in [6.07, 6.45) is 8.40. The molecule has 6 heteroatoms. The zero-order valence-electron chi connectivity index (χ0n) is 17.7. The highest BCUT2D eigenvalue weighted by atomic mass is 35.5. The second kappa shape index (κ2) is 9.17. The topological polar surface area (TPSA) is 59.3 Å². The molecule has 1 aromatic carbocycles. The third-order valence-electron chi connectivity index (χ3n) is 6.13. The van der Waals surface area contributed by atoms with E-state index in [2.05, 4.69) is 12.2 Å². The third-order valence-corrected chi connectivity index (χ3v) is 6.38. The molecule has 0 bridgehead atoms. The molecule has 5 nitrogen and oxygen atoms in total. The fourth-order valence-corrected chi connectivity index (χ4v) is 4.54. The summed E-state index contributed by atoms with van der Waals surface area (Å²) in [5, 5.41) is 8.70. The van der Waals surface area contributed by atoms with Crippen LogP contribution in [0.4, 0.5) is 0 Å². The standard InChI is InChI=1S/C24H29ClN4O/c1-16-21(13-14-24(30)27-20-7-5-3-4-6-8-20)17(2)29-23(26-16)15-22(28-29)18-9-11-19(25)12-10-18/h9-12,15,20H,3-8,13-14H2,1-2H3,(H,27,30). The highest BCUT2D eigenvalue weighted by Gasteiger charge is 2.17. The Hall–Kier alpha value is -2.40. The largest absolute Gasteiger partial charge is 0.353 e. The lowest BCUT2D eigenvalue weighted by Gasteiger charge is -2.17. The van der Waals surface area contributed by atoms with Gasteiger partial charge in [-0.05, 0) is 50.8 Å². The Morgan fingerprint density at radius 2 is 1.83 bits per heavy atom. The van der Waals surface area contributed by atoms with Gasteiger partial charge >= 0.3 is 0 Å². The highest BCUT2D eigenvalue weighted by Crippen LogP contribution is 2.24. The van der Waals surface area contributed by atoms with Gasteiger partial charge in [-0.1, -0.05) is 49.4 Å². The molecule has 1 saturated carbocycles. The Kier molecular flexibility index (Phi) is 6.38. The minimum atomic E-state index is 0.142. The van der Waals surface area contributed by atoms with Gasteiger partial charge in [0, 0.05) is 40.5 Å². The summed E-state index contributed by atoms with van der Waals surface area (Å²) in [5.41, 5.74) is 5.80. The van der Waals surface area contributed by atoms with E-state index in [0.717, 1.165) is 46.7 Å². The first-order valence-electron chi connectivity index (χ1n) is 10.9. The van der Waals surface area contributed by atoms with Crippen molar-refractivity contribution in [2.24, 2.45) is 0 Å². The molecule has 2 aromatic heterocycles. The van der Waals surface area contributed by atoms with Gasteiger partial charge < -0.3 is 5.32 Å². The molecule has 0 spiro atoms. The zero-order chi connectivity index (χ0) is 21.1. The van der Waals surface area contributed by atoms with E-state index in [9.17, 15) is 4.79 Å². The normalized spacial score (nSPS) is 15.3. The Morgan fingerprint density at radius 1 is 1.13 bits per heavy atom. The van der Waals surface area contributed by atoms with Crippen molar-refractivity contribution < 1.29 is 4.79 Å². The molecule has 1 amide bonds. The van der Waals surface area contributed by atoms with Crippen LogP contribution in [0, 0.1) is 13.8 Å². The number of benzene rings is 1. The van der Waals surface area contributed by atoms with Crippen LogP contribution in [-0.4, -0.2) is 26.5 Å². The number of nitrogens with zero attached hydrogens (tertiary/aromatic N) is 3. The quantitative estimate of drug-likeness (QED) is 0.555. The lowest BCUT2D eigenvalue weighted by molar-refractivity contribution is -0.121. The van der Waals surface area contributed by atoms with E-state index in [0.29, 0.717) is 23.9 Å². The third kappa shape index (κ3) is 4.67. The zero-order valence-corrected chi connectivity index (χ0v) is 18.5. The number of carbonyl (C=O) groups excluding carboxylic acids is 1. The van der Waals surface area contributed by atoms with Crippen LogP contribution in [0.2, 0.25) is 5.02 Å². The number of halogens is 1. The number of fused-ring (bicyclic) bond motifs is 1. The predicted octanol–water partition coefficient (Wildman–Crippen LogP) is 5.44. The average molecular weight is 425 g/mol. The van der Waals surface area contributed by atoms with Gasteiger partial charge in [0.15, 0.2) is 5.65 Å². The number of nitrogens with one attached hydrogen (secondary N) is 1. The summed E-state index contributed by atoms with van der Waals surface area (Å²) in [6, 6.07) is 9.99. The Bertz CT molecular complexity index is 1030. The van der Waals surface area contributed by atoms with Crippen molar-refractivity contribution >= 4 is 23.2 Å². The fourth-order valence-electron chi connectivity index (χ4n) is 4.41. The maximum atomic E-state index is 12.5. The van der Waals surface area contributed by atoms with E-state index in [4.69, 9.17) is 21.7 Å². The number of rotatable bonds is 5. The van der Waals surface area contributed by atoms with Crippen molar-refractivity contribution in [3.8, 4) is 11.3 Å². The van der Waals surface area contributed by atoms with Crippen molar-refractivity contribution in [3.05, 3.63) is 52.3 Å². The Labute approximate surface area is 182 Å². The van der Waals surface area contributed by atoms with E-state index >= 15 is 0 Å². The summed E-state index contributed by atoms with van der Waals surface area (Å²) in [5.74, 6) is 0.142. The van der Waals surface area contributed by atoms with Gasteiger partial charge in [0.1, 0.15) is 0 Å². The lowest BCUT2D eigenvalue weighted by Crippen LogP contribution is -2.34. The van der Waals surface area contributed by atoms with Gasteiger partial charge in [-0.25, -0.2) is 9.50 Å². The fraction of sp³-hybridized carbons (Fsp3) is 0.458. The molecule has 1 N–H and O–H groups in total. The average Bonchev–Trinajstić information content (AvgIpc) is 2.97. The Morgan fingerprint density at radius 3 is 2.53 bits per heavy atom. The minimum absolute atomic E-state index is 0.142. The lowest BCUT2D eigenvalue weighted by atomic mass is 10.1. The number of carbonyl (C=O) groups is 1. The molecule has 0 aliphatic heterocycles. The molecule has 1 aliphatic carbocycles. The van der Waals surface area contributed by atoms with Gasteiger partial charge in [0.05, 0.1) is 5.69 Å². The number of amides is 1. The summed E-state index contributed by atoms with van der Waals surface area (Å²) in [7, 11) is 0. The van der Waals surface area contributed by atoms with Crippen LogP contribution in [0.3, 0.4) is 0 Å². The monoisotopic (exact) mass is 424 g/mol. The van der Waals surface area contributed by atoms with Crippen LogP contribution in [0.5, 0.6) is 0 Å². The van der Waals surface area contributed by atoms with Gasteiger partial charge in [-0.15, -0.1) is 0 Å². The van der Waals surface area contributed by atoms with Gasteiger partial charge in [-0.3, -0.25) is 4.79 Å². The van der Waals surface area contributed by atoms with Crippen molar-refractivity contribution in [2.75, 3.05) is 0 Å². The molecule has 4 rings (SSSR count). The SMILES string of the molecule is Cc1nc2cc(-c3ccc(Cl)cc3)nn2c(C)c1CCC(=O)NC1CCCCCC1. The van der Waals surface area contributed by atoms with Crippen molar-refractivity contribution in [1.82, 2.24) is 19.9 Å². The van der Waals surface area contributed by atoms with Crippen LogP contribution < -0.4 is 5.32 Å². The second-order valence-electron chi connectivity index (χ2n) is 8.32. The highest BCUT2D eigenvalue weighted by molar-refractivity contribution is 6.30. The Balaban J connectivity index is 1.49. The number of aryl methyl sites for hydroxylation is 2. The smallest absolute Gasteiger partial charge is 0.220 e. The molecule has 0 radical (unpaired) electrons. The number of hydrogen-bond donors (Lipinski definition) is 1. The first-order chi connectivity index (χ1) is 14.5. The molecule has 3 aromatic rings. The predicted molar refractivity (Wildman–Crippen MR) is 121 cm³/mol. The van der Waals surface area contributed by atoms with E-state index in [1.54, 1.807) is 0 Å². The molecule has 0 atom stereocenters. The molecule has 158 valence electrons. The molecule has 30 heavy (non-hydrogen) atoms. The van der Waals surface area contributed by atoms with Gasteiger partial charge in [-0.2, -0.15) is 5.10 Å². The molecule has 0 saturated heterocycles. The van der Waals surface area contributed by atoms with Crippen molar-refractivity contribution in [2.45, 2.75) is 71.3 Å². The van der Waals surface area contributed by atoms with E-state index in [-0.39, 0.29) is 5.91 Å². The van der Waals surface area contributed by atoms with Crippen LogP contribution in [0.15, 0.2) is 30.3 Å². The van der Waals surface area contributed by atoms with Crippen molar-refractivity contribution in [3.63, 3.8) is 0 Å². The number of hydrogen-bond acceptors (Lipinski definition) is 3. The number of aromatic nitrogens is 3. The summed E-state index contributed by atoms with van der Waals surface area (Å²) in [4.78, 5) is 17.3. The van der Waals surface area contributed by atoms with E-state index in [1.807, 2.05) is 41.8 Å². The first-order valence-corrected chi connectivity index (χ1v) is 11.3. The van der Waals surface area contributed by atoms with Crippen LogP contribution >= 0.6 is 11.6 Å². The maximum absolute atomic E-state index is 12.5. The summed E-state index contributed by atoms with van der Waals surface area (Å²) >= 11 is 6.00. The maximum Gasteiger partial charge on any atom is 0.220 e.